The Morgan fingerprint density at radius 3 is 2.42 bits per heavy atom. The molecule has 3 heterocycles. The summed E-state index contributed by atoms with van der Waals surface area (Å²) in [5.41, 5.74) is 2.53. The molecule has 0 aliphatic carbocycles. The summed E-state index contributed by atoms with van der Waals surface area (Å²) in [6, 6.07) is 1.27. The summed E-state index contributed by atoms with van der Waals surface area (Å²) in [6.07, 6.45) is -7.03. The fraction of sp³-hybridized carbons (Fsp3) is 0.600. The van der Waals surface area contributed by atoms with E-state index < -0.39 is 61.3 Å². The molecule has 0 spiro atoms. The van der Waals surface area contributed by atoms with Gasteiger partial charge >= 0.3 is 5.69 Å². The molecule has 0 radical (unpaired) electrons. The van der Waals surface area contributed by atoms with Gasteiger partial charge in [-0.1, -0.05) is 6.58 Å². The molecule has 2 fully saturated rings. The van der Waals surface area contributed by atoms with E-state index in [1.54, 1.807) is 0 Å². The molecule has 2 aliphatic heterocycles. The monoisotopic (exact) mass is 371 g/mol. The zero-order chi connectivity index (χ0) is 19.2. The Hall–Kier alpha value is -1.86. The molecular formula is C15H21N3O8. The van der Waals surface area contributed by atoms with Gasteiger partial charge in [0.2, 0.25) is 5.72 Å². The van der Waals surface area contributed by atoms with Crippen LogP contribution in [0.5, 0.6) is 0 Å². The smallest absolute Gasteiger partial charge is 0.352 e. The van der Waals surface area contributed by atoms with Crippen LogP contribution in [0.4, 0.5) is 5.82 Å². The molecule has 0 unspecified atom stereocenters. The number of nitrogens with zero attached hydrogens (tertiary/aromatic N) is 2. The highest BCUT2D eigenvalue weighted by molar-refractivity contribution is 5.27. The second kappa shape index (κ2) is 6.70. The highest BCUT2D eigenvalue weighted by atomic mass is 16.6. The second-order valence-corrected chi connectivity index (χ2v) is 6.29. The Balaban J connectivity index is 2.18. The zero-order valence-electron chi connectivity index (χ0n) is 13.7. The maximum atomic E-state index is 12.4. The van der Waals surface area contributed by atoms with Crippen LogP contribution in [0.3, 0.4) is 0 Å². The van der Waals surface area contributed by atoms with Crippen molar-refractivity contribution in [1.82, 2.24) is 9.55 Å². The third-order valence-electron chi connectivity index (χ3n) is 4.79. The predicted molar refractivity (Wildman–Crippen MR) is 85.7 cm³/mol. The average molecular weight is 371 g/mol. The quantitative estimate of drug-likeness (QED) is 0.288. The first-order valence-electron chi connectivity index (χ1n) is 7.91. The van der Waals surface area contributed by atoms with Gasteiger partial charge in [0.05, 0.1) is 13.2 Å². The molecule has 2 saturated heterocycles. The summed E-state index contributed by atoms with van der Waals surface area (Å²) in [5.74, 6) is -0.0763. The van der Waals surface area contributed by atoms with Crippen molar-refractivity contribution < 1.29 is 35.0 Å². The Bertz CT molecular complexity index is 755. The SMILES string of the molecule is C=C1[C@H]([C@@]2(n3ccc(N)nc3=O)O[C@H](CO)[C@@H](O)[C@H]2O)O[C@H](CO)[C@H]1O. The fourth-order valence-electron chi connectivity index (χ4n) is 3.44. The summed E-state index contributed by atoms with van der Waals surface area (Å²) < 4.78 is 12.1. The minimum Gasteiger partial charge on any atom is -0.394 e. The van der Waals surface area contributed by atoms with Crippen molar-refractivity contribution in [2.75, 3.05) is 18.9 Å². The van der Waals surface area contributed by atoms with Crippen molar-refractivity contribution in [1.29, 1.82) is 0 Å². The second-order valence-electron chi connectivity index (χ2n) is 6.29. The minimum absolute atomic E-state index is 0.0256. The molecule has 144 valence electrons. The molecule has 11 nitrogen and oxygen atoms in total. The van der Waals surface area contributed by atoms with Crippen LogP contribution in [0, 0.1) is 0 Å². The predicted octanol–water partition coefficient (Wildman–Crippen LogP) is -3.73. The standard InChI is InChI=1S/C15H21N3O8/c1-6-10(21)7(4-19)25-13(6)15(12(23)11(22)8(5-20)26-15)18-3-2-9(16)17-14(18)24/h2-3,7-8,10-13,19-23H,1,4-5H2,(H2,16,17,24)/t7-,8-,10+,11-,12-,13-,15+/m1/s1. The van der Waals surface area contributed by atoms with Crippen LogP contribution in [0.15, 0.2) is 29.2 Å². The molecule has 0 aromatic carbocycles. The van der Waals surface area contributed by atoms with E-state index >= 15 is 0 Å². The number of hydrogen-bond donors (Lipinski definition) is 6. The molecule has 26 heavy (non-hydrogen) atoms. The topological polar surface area (TPSA) is 181 Å². The molecule has 11 heteroatoms. The molecular weight excluding hydrogens is 350 g/mol. The van der Waals surface area contributed by atoms with Gasteiger partial charge in [0, 0.05) is 6.20 Å². The lowest BCUT2D eigenvalue weighted by atomic mass is 9.91. The summed E-state index contributed by atoms with van der Waals surface area (Å²) in [4.78, 5) is 16.0. The van der Waals surface area contributed by atoms with Gasteiger partial charge in [-0.15, -0.1) is 0 Å². The maximum absolute atomic E-state index is 12.4. The number of ether oxygens (including phenoxy) is 2. The molecule has 0 saturated carbocycles. The number of rotatable bonds is 4. The lowest BCUT2D eigenvalue weighted by molar-refractivity contribution is -0.214. The highest BCUT2D eigenvalue weighted by Crippen LogP contribution is 2.45. The number of anilines is 1. The normalized spacial score (nSPS) is 40.3. The number of nitrogens with two attached hydrogens (primary N) is 1. The van der Waals surface area contributed by atoms with Gasteiger partial charge in [-0.05, 0) is 11.6 Å². The van der Waals surface area contributed by atoms with E-state index in [9.17, 15) is 30.3 Å². The molecule has 7 N–H and O–H groups in total. The van der Waals surface area contributed by atoms with E-state index in [0.29, 0.717) is 0 Å². The van der Waals surface area contributed by atoms with Crippen molar-refractivity contribution in [3.8, 4) is 0 Å². The van der Waals surface area contributed by atoms with E-state index in [4.69, 9.17) is 15.2 Å². The third kappa shape index (κ3) is 2.56. The number of hydrogen-bond acceptors (Lipinski definition) is 10. The van der Waals surface area contributed by atoms with Crippen molar-refractivity contribution >= 4 is 5.82 Å². The lowest BCUT2D eigenvalue weighted by Gasteiger charge is -2.38. The molecule has 0 bridgehead atoms. The van der Waals surface area contributed by atoms with Crippen LogP contribution in [-0.2, 0) is 15.2 Å². The van der Waals surface area contributed by atoms with Gasteiger partial charge in [0.1, 0.15) is 42.4 Å². The Morgan fingerprint density at radius 1 is 1.27 bits per heavy atom. The van der Waals surface area contributed by atoms with E-state index in [0.717, 1.165) is 4.57 Å². The van der Waals surface area contributed by atoms with Gasteiger partial charge in [-0.3, -0.25) is 4.57 Å². The molecule has 2 aliphatic rings. The highest BCUT2D eigenvalue weighted by Gasteiger charge is 2.64. The third-order valence-corrected chi connectivity index (χ3v) is 4.79. The number of aliphatic hydroxyl groups excluding tert-OH is 5. The minimum atomic E-state index is -2.08. The van der Waals surface area contributed by atoms with Crippen LogP contribution in [0.25, 0.3) is 0 Å². The van der Waals surface area contributed by atoms with Crippen molar-refractivity contribution in [2.45, 2.75) is 42.3 Å². The summed E-state index contributed by atoms with van der Waals surface area (Å²) in [6.45, 7) is 2.50. The van der Waals surface area contributed by atoms with E-state index in [2.05, 4.69) is 11.6 Å². The number of aromatic nitrogens is 2. The van der Waals surface area contributed by atoms with E-state index in [-0.39, 0.29) is 11.4 Å². The average Bonchev–Trinajstić information content (AvgIpc) is 3.04. The van der Waals surface area contributed by atoms with Crippen LogP contribution < -0.4 is 11.4 Å². The van der Waals surface area contributed by atoms with Crippen LogP contribution >= 0.6 is 0 Å². The molecule has 0 amide bonds. The van der Waals surface area contributed by atoms with Gasteiger partial charge in [0.15, 0.2) is 0 Å². The molecule has 1 aromatic rings. The summed E-state index contributed by atoms with van der Waals surface area (Å²) in [7, 11) is 0. The molecule has 1 aromatic heterocycles. The van der Waals surface area contributed by atoms with Gasteiger partial charge in [0.25, 0.3) is 0 Å². The first kappa shape index (κ1) is 18.9. The van der Waals surface area contributed by atoms with Gasteiger partial charge in [-0.2, -0.15) is 4.98 Å². The Morgan fingerprint density at radius 2 is 1.92 bits per heavy atom. The number of aliphatic hydroxyl groups is 5. The van der Waals surface area contributed by atoms with Crippen LogP contribution in [0.1, 0.15) is 0 Å². The number of nitrogen functional groups attached to an aromatic ring is 1. The van der Waals surface area contributed by atoms with Crippen LogP contribution in [-0.4, -0.2) is 84.9 Å². The van der Waals surface area contributed by atoms with Gasteiger partial charge in [-0.25, -0.2) is 4.79 Å². The Labute approximate surface area is 147 Å². The summed E-state index contributed by atoms with van der Waals surface area (Å²) in [5, 5.41) is 49.9. The van der Waals surface area contributed by atoms with Crippen molar-refractivity contribution in [2.24, 2.45) is 0 Å². The van der Waals surface area contributed by atoms with E-state index in [1.165, 1.54) is 12.3 Å². The summed E-state index contributed by atoms with van der Waals surface area (Å²) >= 11 is 0. The largest absolute Gasteiger partial charge is 0.394 e. The maximum Gasteiger partial charge on any atom is 0.352 e. The zero-order valence-corrected chi connectivity index (χ0v) is 13.7. The first-order chi connectivity index (χ1) is 12.3. The van der Waals surface area contributed by atoms with Crippen molar-refractivity contribution in [3.63, 3.8) is 0 Å². The van der Waals surface area contributed by atoms with Crippen molar-refractivity contribution in [3.05, 3.63) is 34.9 Å². The molecule has 3 rings (SSSR count). The molecule has 7 atom stereocenters. The van der Waals surface area contributed by atoms with Crippen LogP contribution in [0.2, 0.25) is 0 Å². The van der Waals surface area contributed by atoms with Gasteiger partial charge < -0.3 is 40.7 Å². The first-order valence-corrected chi connectivity index (χ1v) is 7.91. The van der Waals surface area contributed by atoms with E-state index in [1.807, 2.05) is 0 Å². The Kier molecular flexibility index (Phi) is 4.88. The lowest BCUT2D eigenvalue weighted by Crippen LogP contribution is -2.58. The fourth-order valence-corrected chi connectivity index (χ4v) is 3.44.